The van der Waals surface area contributed by atoms with Gasteiger partial charge < -0.3 is 13.9 Å². The number of hydrogen-bond donors (Lipinski definition) is 0. The van der Waals surface area contributed by atoms with Crippen LogP contribution in [-0.2, 0) is 6.61 Å². The summed E-state index contributed by atoms with van der Waals surface area (Å²) in [5.41, 5.74) is 5.09. The summed E-state index contributed by atoms with van der Waals surface area (Å²) in [6.45, 7) is 3.86. The Morgan fingerprint density at radius 3 is 2.62 bits per heavy atom. The number of methoxy groups -OCH3 is 1. The van der Waals surface area contributed by atoms with Crippen LogP contribution in [0.4, 0.5) is 0 Å². The Morgan fingerprint density at radius 2 is 1.86 bits per heavy atom. The Labute approximate surface area is 216 Å². The van der Waals surface area contributed by atoms with E-state index in [9.17, 15) is 4.79 Å². The normalized spacial score (nSPS) is 11.3. The third-order valence-corrected chi connectivity index (χ3v) is 7.02. The lowest BCUT2D eigenvalue weighted by Crippen LogP contribution is -1.97. The second kappa shape index (κ2) is 9.22. The van der Waals surface area contributed by atoms with Gasteiger partial charge in [-0.25, -0.2) is 9.50 Å². The average molecular weight is 510 g/mol. The molecular weight excluding hydrogens is 486 g/mol. The van der Waals surface area contributed by atoms with Crippen molar-refractivity contribution in [1.29, 1.82) is 0 Å². The number of imidazole rings is 1. The molecule has 3 heterocycles. The van der Waals surface area contributed by atoms with Crippen LogP contribution in [0.25, 0.3) is 38.5 Å². The number of ketones is 1. The summed E-state index contributed by atoms with van der Waals surface area (Å²) in [5, 5.41) is 6.33. The number of carbonyl (C=O) groups is 1. The van der Waals surface area contributed by atoms with Gasteiger partial charge in [0.2, 0.25) is 4.96 Å². The topological polar surface area (TPSA) is 78.9 Å². The van der Waals surface area contributed by atoms with Gasteiger partial charge >= 0.3 is 0 Å². The number of furan rings is 1. The number of aryl methyl sites for hydroxylation is 1. The molecule has 7 nitrogen and oxygen atoms in total. The first-order valence-electron chi connectivity index (χ1n) is 11.7. The van der Waals surface area contributed by atoms with Crippen LogP contribution >= 0.6 is 11.3 Å². The van der Waals surface area contributed by atoms with Crippen LogP contribution in [0.3, 0.4) is 0 Å². The van der Waals surface area contributed by atoms with Gasteiger partial charge in [0.1, 0.15) is 34.4 Å². The van der Waals surface area contributed by atoms with Crippen LogP contribution < -0.4 is 9.47 Å². The molecule has 0 aliphatic carbocycles. The number of fused-ring (bicyclic) bond motifs is 2. The molecule has 0 spiro atoms. The molecule has 0 aliphatic rings. The van der Waals surface area contributed by atoms with Crippen LogP contribution in [0.1, 0.15) is 27.9 Å². The fourth-order valence-corrected chi connectivity index (χ4v) is 5.01. The van der Waals surface area contributed by atoms with Crippen molar-refractivity contribution in [3.05, 3.63) is 89.1 Å². The van der Waals surface area contributed by atoms with E-state index < -0.39 is 0 Å². The highest BCUT2D eigenvalue weighted by atomic mass is 32.1. The van der Waals surface area contributed by atoms with Crippen LogP contribution in [0.2, 0.25) is 0 Å². The van der Waals surface area contributed by atoms with Crippen molar-refractivity contribution in [3.8, 4) is 34.1 Å². The number of nitrogens with zero attached hydrogens (tertiary/aromatic N) is 3. The molecule has 0 atom stereocenters. The highest BCUT2D eigenvalue weighted by Crippen LogP contribution is 2.34. The van der Waals surface area contributed by atoms with Gasteiger partial charge in [0, 0.05) is 22.6 Å². The van der Waals surface area contributed by atoms with Crippen molar-refractivity contribution in [2.75, 3.05) is 7.11 Å². The molecule has 0 saturated carbocycles. The maximum Gasteiger partial charge on any atom is 0.212 e. The van der Waals surface area contributed by atoms with E-state index in [4.69, 9.17) is 13.9 Å². The van der Waals surface area contributed by atoms with Gasteiger partial charge in [-0.3, -0.25) is 4.79 Å². The molecule has 184 valence electrons. The fourth-order valence-electron chi connectivity index (χ4n) is 4.29. The molecule has 0 aliphatic heterocycles. The van der Waals surface area contributed by atoms with Crippen LogP contribution in [0.15, 0.2) is 77.3 Å². The molecule has 6 rings (SSSR count). The van der Waals surface area contributed by atoms with E-state index in [0.717, 1.165) is 43.5 Å². The third kappa shape index (κ3) is 4.47. The Bertz CT molecular complexity index is 1730. The van der Waals surface area contributed by atoms with Crippen LogP contribution in [0, 0.1) is 6.92 Å². The molecule has 0 unspecified atom stereocenters. The van der Waals surface area contributed by atoms with Crippen molar-refractivity contribution in [1.82, 2.24) is 14.6 Å². The predicted molar refractivity (Wildman–Crippen MR) is 144 cm³/mol. The van der Waals surface area contributed by atoms with E-state index in [-0.39, 0.29) is 5.78 Å². The number of carbonyl (C=O) groups excluding carboxylic acids is 1. The van der Waals surface area contributed by atoms with Crippen LogP contribution in [0.5, 0.6) is 11.5 Å². The molecule has 0 N–H and O–H groups in total. The van der Waals surface area contributed by atoms with E-state index >= 15 is 0 Å². The molecule has 37 heavy (non-hydrogen) atoms. The van der Waals surface area contributed by atoms with E-state index in [1.165, 1.54) is 11.3 Å². The molecule has 0 bridgehead atoms. The second-order valence-electron chi connectivity index (χ2n) is 8.73. The number of benzene rings is 3. The number of Topliss-reactive ketones (excluding diaryl/α,β-unsaturated/α-hetero) is 1. The monoisotopic (exact) mass is 509 g/mol. The average Bonchev–Trinajstić information content (AvgIpc) is 3.60. The van der Waals surface area contributed by atoms with Gasteiger partial charge in [-0.2, -0.15) is 5.10 Å². The lowest BCUT2D eigenvalue weighted by molar-refractivity contribution is 0.101. The molecule has 6 aromatic rings. The zero-order valence-corrected chi connectivity index (χ0v) is 21.3. The first kappa shape index (κ1) is 23.0. The van der Waals surface area contributed by atoms with Gasteiger partial charge in [0.15, 0.2) is 11.5 Å². The fraction of sp³-hybridized carbons (Fsp3) is 0.138. The zero-order valence-electron chi connectivity index (χ0n) is 20.5. The maximum atomic E-state index is 11.6. The second-order valence-corrected chi connectivity index (χ2v) is 9.89. The van der Waals surface area contributed by atoms with Crippen molar-refractivity contribution in [2.45, 2.75) is 20.5 Å². The molecule has 0 fully saturated rings. The summed E-state index contributed by atoms with van der Waals surface area (Å²) in [6, 6.07) is 21.3. The summed E-state index contributed by atoms with van der Waals surface area (Å²) in [5.74, 6) is 2.14. The largest absolute Gasteiger partial charge is 0.497 e. The van der Waals surface area contributed by atoms with E-state index in [2.05, 4.69) is 10.1 Å². The minimum atomic E-state index is 0.0511. The Hall–Kier alpha value is -4.43. The lowest BCUT2D eigenvalue weighted by Gasteiger charge is -2.10. The number of ether oxygens (including phenoxy) is 2. The van der Waals surface area contributed by atoms with Gasteiger partial charge in [-0.05, 0) is 49.2 Å². The molecule has 3 aromatic carbocycles. The summed E-state index contributed by atoms with van der Waals surface area (Å²) < 4.78 is 19.7. The summed E-state index contributed by atoms with van der Waals surface area (Å²) in [4.78, 5) is 17.1. The third-order valence-electron chi connectivity index (χ3n) is 6.18. The summed E-state index contributed by atoms with van der Waals surface area (Å²) in [7, 11) is 1.63. The minimum absolute atomic E-state index is 0.0511. The molecule has 3 aromatic heterocycles. The van der Waals surface area contributed by atoms with Crippen LogP contribution in [-0.4, -0.2) is 27.5 Å². The van der Waals surface area contributed by atoms with E-state index in [0.29, 0.717) is 29.3 Å². The number of aromatic nitrogens is 3. The SMILES string of the molecule is COc1cc(COc2cccc(-c3ccc(C(C)=O)cc3)c2)c2cc(-c3cn4nc(C)sc4n3)oc2c1. The smallest absolute Gasteiger partial charge is 0.212 e. The summed E-state index contributed by atoms with van der Waals surface area (Å²) in [6.07, 6.45) is 1.87. The first-order chi connectivity index (χ1) is 18.0. The highest BCUT2D eigenvalue weighted by molar-refractivity contribution is 7.16. The Balaban J connectivity index is 1.28. The minimum Gasteiger partial charge on any atom is -0.497 e. The molecule has 0 amide bonds. The van der Waals surface area contributed by atoms with E-state index in [1.54, 1.807) is 18.5 Å². The molecule has 0 saturated heterocycles. The summed E-state index contributed by atoms with van der Waals surface area (Å²) >= 11 is 1.53. The van der Waals surface area contributed by atoms with E-state index in [1.807, 2.05) is 79.9 Å². The lowest BCUT2D eigenvalue weighted by atomic mass is 10.0. The standard InChI is InChI=1S/C29H23N3O4S/c1-17(33)19-7-9-20(10-8-19)21-5-4-6-23(11-21)35-16-22-12-24(34-3)13-27-25(22)14-28(36-27)26-15-32-29(30-26)37-18(2)31-32/h4-15H,16H2,1-3H3. The molecule has 0 radical (unpaired) electrons. The maximum absolute atomic E-state index is 11.6. The number of rotatable bonds is 7. The zero-order chi connectivity index (χ0) is 25.5. The first-order valence-corrected chi connectivity index (χ1v) is 12.6. The van der Waals surface area contributed by atoms with Crippen molar-refractivity contribution < 1.29 is 18.7 Å². The Kier molecular flexibility index (Phi) is 5.73. The highest BCUT2D eigenvalue weighted by Gasteiger charge is 2.16. The molecular formula is C29H23N3O4S. The van der Waals surface area contributed by atoms with Crippen molar-refractivity contribution >= 4 is 33.1 Å². The van der Waals surface area contributed by atoms with Crippen molar-refractivity contribution in [2.24, 2.45) is 0 Å². The van der Waals surface area contributed by atoms with Gasteiger partial charge in [-0.1, -0.05) is 47.7 Å². The predicted octanol–water partition coefficient (Wildman–Crippen LogP) is 6.97. The van der Waals surface area contributed by atoms with Gasteiger partial charge in [0.05, 0.1) is 13.3 Å². The molecule has 8 heteroatoms. The van der Waals surface area contributed by atoms with Crippen molar-refractivity contribution in [3.63, 3.8) is 0 Å². The quantitative estimate of drug-likeness (QED) is 0.216. The van der Waals surface area contributed by atoms with Gasteiger partial charge in [0.25, 0.3) is 0 Å². The van der Waals surface area contributed by atoms with Gasteiger partial charge in [-0.15, -0.1) is 0 Å². The number of hydrogen-bond acceptors (Lipinski definition) is 7. The Morgan fingerprint density at radius 1 is 1.03 bits per heavy atom.